The van der Waals surface area contributed by atoms with Crippen LogP contribution in [0.15, 0.2) is 18.2 Å². The van der Waals surface area contributed by atoms with Crippen molar-refractivity contribution in [2.75, 3.05) is 5.32 Å². The van der Waals surface area contributed by atoms with Crippen molar-refractivity contribution >= 4 is 11.6 Å². The molecule has 0 atom stereocenters. The lowest BCUT2D eigenvalue weighted by molar-refractivity contribution is -0.114. The summed E-state index contributed by atoms with van der Waals surface area (Å²) < 4.78 is 0. The van der Waals surface area contributed by atoms with E-state index in [1.54, 1.807) is 0 Å². The van der Waals surface area contributed by atoms with Crippen LogP contribution >= 0.6 is 0 Å². The van der Waals surface area contributed by atoms with Gasteiger partial charge in [0.2, 0.25) is 5.91 Å². The normalized spacial score (nSPS) is 8.87. The molecule has 1 N–H and O–H groups in total. The molecule has 0 unspecified atom stereocenters. The number of carbonyl (C=O) groups excluding carboxylic acids is 1. The second kappa shape index (κ2) is 7.04. The smallest absolute Gasteiger partial charge is 0.221 e. The maximum absolute atomic E-state index is 10.9. The molecule has 1 aromatic rings. The summed E-state index contributed by atoms with van der Waals surface area (Å²) in [5, 5.41) is 2.85. The van der Waals surface area contributed by atoms with Gasteiger partial charge in [-0.2, -0.15) is 0 Å². The van der Waals surface area contributed by atoms with Gasteiger partial charge < -0.3 is 5.32 Å². The van der Waals surface area contributed by atoms with Crippen LogP contribution in [-0.2, 0) is 11.2 Å². The number of rotatable bonds is 2. The zero-order valence-electron chi connectivity index (χ0n) is 10.3. The molecule has 0 saturated carbocycles. The van der Waals surface area contributed by atoms with Crippen molar-refractivity contribution < 1.29 is 4.79 Å². The molecule has 0 fully saturated rings. The fourth-order valence-electron chi connectivity index (χ4n) is 1.38. The summed E-state index contributed by atoms with van der Waals surface area (Å²) in [6.45, 7) is 9.62. The molecule has 0 aliphatic carbocycles. The Hall–Kier alpha value is -1.31. The van der Waals surface area contributed by atoms with Crippen LogP contribution in [0.3, 0.4) is 0 Å². The monoisotopic (exact) mass is 207 g/mol. The number of anilines is 1. The topological polar surface area (TPSA) is 29.1 Å². The number of para-hydroxylation sites is 1. The molecular weight excluding hydrogens is 186 g/mol. The van der Waals surface area contributed by atoms with Gasteiger partial charge in [0.05, 0.1) is 0 Å². The summed E-state index contributed by atoms with van der Waals surface area (Å²) in [5.74, 6) is -0.0102. The molecule has 84 valence electrons. The zero-order valence-corrected chi connectivity index (χ0v) is 10.3. The molecule has 0 heterocycles. The first-order valence-electron chi connectivity index (χ1n) is 5.51. The fourth-order valence-corrected chi connectivity index (χ4v) is 1.38. The van der Waals surface area contributed by atoms with E-state index in [2.05, 4.69) is 12.2 Å². The molecule has 2 heteroatoms. The van der Waals surface area contributed by atoms with Crippen molar-refractivity contribution in [3.8, 4) is 0 Å². The van der Waals surface area contributed by atoms with Gasteiger partial charge in [-0.25, -0.2) is 0 Å². The van der Waals surface area contributed by atoms with Crippen molar-refractivity contribution in [3.63, 3.8) is 0 Å². The molecule has 0 saturated heterocycles. The Morgan fingerprint density at radius 3 is 2.40 bits per heavy atom. The van der Waals surface area contributed by atoms with E-state index in [1.807, 2.05) is 39.0 Å². The molecule has 0 radical (unpaired) electrons. The van der Waals surface area contributed by atoms with E-state index < -0.39 is 0 Å². The molecule has 1 aromatic carbocycles. The zero-order chi connectivity index (χ0) is 11.8. The van der Waals surface area contributed by atoms with E-state index in [1.165, 1.54) is 12.5 Å². The van der Waals surface area contributed by atoms with Gasteiger partial charge in [0.25, 0.3) is 0 Å². The molecule has 0 aliphatic heterocycles. The molecule has 15 heavy (non-hydrogen) atoms. The predicted molar refractivity (Wildman–Crippen MR) is 66.2 cm³/mol. The number of hydrogen-bond acceptors (Lipinski definition) is 1. The Morgan fingerprint density at radius 2 is 1.93 bits per heavy atom. The fraction of sp³-hybridized carbons (Fsp3) is 0.462. The van der Waals surface area contributed by atoms with Crippen molar-refractivity contribution in [1.29, 1.82) is 0 Å². The van der Waals surface area contributed by atoms with Crippen LogP contribution in [0.4, 0.5) is 5.69 Å². The average Bonchev–Trinajstić information content (AvgIpc) is 2.23. The molecule has 0 bridgehead atoms. The van der Waals surface area contributed by atoms with Crippen LogP contribution in [0.1, 0.15) is 38.8 Å². The molecule has 2 nitrogen and oxygen atoms in total. The standard InChI is InChI=1S/C11H15NO.C2H6/c1-4-10-7-5-6-8(2)11(10)12-9(3)13;1-2/h5-7H,4H2,1-3H3,(H,12,13);1-2H3. The third-order valence-electron chi connectivity index (χ3n) is 2.04. The second-order valence-electron chi connectivity index (χ2n) is 3.14. The van der Waals surface area contributed by atoms with Crippen LogP contribution in [-0.4, -0.2) is 5.91 Å². The van der Waals surface area contributed by atoms with Gasteiger partial charge in [0.1, 0.15) is 0 Å². The SMILES string of the molecule is CC.CCc1cccc(C)c1NC(C)=O. The highest BCUT2D eigenvalue weighted by Crippen LogP contribution is 2.20. The van der Waals surface area contributed by atoms with Gasteiger partial charge in [-0.1, -0.05) is 39.0 Å². The molecule has 0 spiro atoms. The second-order valence-corrected chi connectivity index (χ2v) is 3.14. The van der Waals surface area contributed by atoms with Crippen molar-refractivity contribution in [2.45, 2.75) is 41.0 Å². The summed E-state index contributed by atoms with van der Waals surface area (Å²) in [5.41, 5.74) is 3.28. The first-order valence-corrected chi connectivity index (χ1v) is 5.51. The van der Waals surface area contributed by atoms with Crippen molar-refractivity contribution in [3.05, 3.63) is 29.3 Å². The Balaban J connectivity index is 0.000000921. The van der Waals surface area contributed by atoms with Gasteiger partial charge >= 0.3 is 0 Å². The van der Waals surface area contributed by atoms with E-state index in [0.29, 0.717) is 0 Å². The lowest BCUT2D eigenvalue weighted by Crippen LogP contribution is -2.09. The van der Waals surface area contributed by atoms with Crippen LogP contribution in [0.5, 0.6) is 0 Å². The van der Waals surface area contributed by atoms with Gasteiger partial charge in [-0.05, 0) is 24.5 Å². The largest absolute Gasteiger partial charge is 0.326 e. The number of amides is 1. The number of carbonyl (C=O) groups is 1. The maximum atomic E-state index is 10.9. The van der Waals surface area contributed by atoms with E-state index in [0.717, 1.165) is 17.7 Å². The molecule has 0 aromatic heterocycles. The first-order chi connectivity index (χ1) is 7.15. The van der Waals surface area contributed by atoms with Crippen LogP contribution in [0.2, 0.25) is 0 Å². The Morgan fingerprint density at radius 1 is 1.33 bits per heavy atom. The van der Waals surface area contributed by atoms with E-state index in [9.17, 15) is 4.79 Å². The molecule has 0 aliphatic rings. The number of aryl methyl sites for hydroxylation is 2. The molecule has 1 amide bonds. The summed E-state index contributed by atoms with van der Waals surface area (Å²) >= 11 is 0. The average molecular weight is 207 g/mol. The van der Waals surface area contributed by atoms with E-state index in [-0.39, 0.29) is 5.91 Å². The quantitative estimate of drug-likeness (QED) is 0.789. The van der Waals surface area contributed by atoms with Gasteiger partial charge in [-0.3, -0.25) is 4.79 Å². The van der Waals surface area contributed by atoms with Crippen LogP contribution in [0.25, 0.3) is 0 Å². The Kier molecular flexibility index (Phi) is 6.43. The highest BCUT2D eigenvalue weighted by molar-refractivity contribution is 5.90. The summed E-state index contributed by atoms with van der Waals surface area (Å²) in [4.78, 5) is 10.9. The first kappa shape index (κ1) is 13.7. The minimum Gasteiger partial charge on any atom is -0.326 e. The predicted octanol–water partition coefficient (Wildman–Crippen LogP) is 3.54. The minimum atomic E-state index is -0.0102. The Labute approximate surface area is 92.7 Å². The number of nitrogens with one attached hydrogen (secondary N) is 1. The van der Waals surface area contributed by atoms with Gasteiger partial charge in [0.15, 0.2) is 0 Å². The van der Waals surface area contributed by atoms with Crippen molar-refractivity contribution in [1.82, 2.24) is 0 Å². The van der Waals surface area contributed by atoms with E-state index in [4.69, 9.17) is 0 Å². The lowest BCUT2D eigenvalue weighted by Gasteiger charge is -2.10. The molecular formula is C13H21NO. The maximum Gasteiger partial charge on any atom is 0.221 e. The van der Waals surface area contributed by atoms with Crippen LogP contribution in [0, 0.1) is 6.92 Å². The summed E-state index contributed by atoms with van der Waals surface area (Å²) in [6, 6.07) is 6.06. The number of hydrogen-bond donors (Lipinski definition) is 1. The van der Waals surface area contributed by atoms with Gasteiger partial charge in [0, 0.05) is 12.6 Å². The van der Waals surface area contributed by atoms with Crippen LogP contribution < -0.4 is 5.32 Å². The van der Waals surface area contributed by atoms with Gasteiger partial charge in [-0.15, -0.1) is 0 Å². The van der Waals surface area contributed by atoms with E-state index >= 15 is 0 Å². The highest BCUT2D eigenvalue weighted by Gasteiger charge is 2.04. The highest BCUT2D eigenvalue weighted by atomic mass is 16.1. The summed E-state index contributed by atoms with van der Waals surface area (Å²) in [6.07, 6.45) is 0.942. The minimum absolute atomic E-state index is 0.0102. The van der Waals surface area contributed by atoms with Crippen molar-refractivity contribution in [2.24, 2.45) is 0 Å². The molecule has 1 rings (SSSR count). The summed E-state index contributed by atoms with van der Waals surface area (Å²) in [7, 11) is 0. The Bertz CT molecular complexity index is 318. The number of benzene rings is 1. The third kappa shape index (κ3) is 4.15. The lowest BCUT2D eigenvalue weighted by atomic mass is 10.1. The third-order valence-corrected chi connectivity index (χ3v) is 2.04.